The van der Waals surface area contributed by atoms with Gasteiger partial charge in [-0.05, 0) is 93.6 Å². The second-order valence-electron chi connectivity index (χ2n) is 13.2. The van der Waals surface area contributed by atoms with Gasteiger partial charge in [-0.15, -0.1) is 0 Å². The Bertz CT molecular complexity index is 2460. The zero-order valence-corrected chi connectivity index (χ0v) is 29.8. The fourth-order valence-electron chi connectivity index (χ4n) is 7.02. The van der Waals surface area contributed by atoms with Gasteiger partial charge >= 0.3 is 0 Å². The van der Waals surface area contributed by atoms with Crippen molar-refractivity contribution >= 4 is 57.6 Å². The van der Waals surface area contributed by atoms with Crippen LogP contribution >= 0.6 is 0 Å². The van der Waals surface area contributed by atoms with E-state index in [-0.39, 0.29) is 17.8 Å². The van der Waals surface area contributed by atoms with Crippen LogP contribution in [0.3, 0.4) is 0 Å². The van der Waals surface area contributed by atoms with Crippen molar-refractivity contribution in [2.24, 2.45) is 11.5 Å². The number of anilines is 2. The Hall–Kier alpha value is -6.51. The molecular formula is C38H41N11O4. The standard InChI is InChI=1S/C38H41N11O4/c1-4-46-21-22(2)26-10-6-5-7-17-49-31(18-23(3)45-49)35(52)43-37-41-27-19-24(33(39)50)11-13-29(27)47(37)15-8-9-16-48-30-14-12-25(34(40)51)20-28(30)42-38(48)44-36(53)32(26)46/h8-9,11-14,18-21H,4-7,10,15-17H2,1-3H3,(H2,39,50)(H2,40,51)(H,41,43,52)(H,42,44,53)/b9-8+. The van der Waals surface area contributed by atoms with E-state index in [9.17, 15) is 19.2 Å². The SMILES string of the molecule is CCn1cc(C)c2c1C(=O)Nc1nc3cc(C(N)=O)ccc3n1C/C=C/Cn1c(nc3cc(C(N)=O)ccc31)NC(=O)c1cc(C)nn1CCCCC2. The number of imidazole rings is 2. The number of primary amides is 2. The highest BCUT2D eigenvalue weighted by molar-refractivity contribution is 6.05. The van der Waals surface area contributed by atoms with Crippen LogP contribution in [-0.2, 0) is 32.6 Å². The summed E-state index contributed by atoms with van der Waals surface area (Å²) in [6, 6.07) is 11.7. The topological polar surface area (TPSA) is 203 Å². The molecule has 4 aromatic heterocycles. The highest BCUT2D eigenvalue weighted by Crippen LogP contribution is 2.26. The molecule has 53 heavy (non-hydrogen) atoms. The number of hydrogen-bond acceptors (Lipinski definition) is 7. The number of nitrogens with two attached hydrogens (primary N) is 2. The maximum Gasteiger partial charge on any atom is 0.276 e. The number of amides is 4. The van der Waals surface area contributed by atoms with Crippen molar-refractivity contribution in [2.75, 3.05) is 10.6 Å². The second-order valence-corrected chi connectivity index (χ2v) is 13.2. The molecule has 0 spiro atoms. The van der Waals surface area contributed by atoms with E-state index in [1.54, 1.807) is 47.1 Å². The first kappa shape index (κ1) is 34.9. The average molecular weight is 716 g/mol. The van der Waals surface area contributed by atoms with E-state index in [0.29, 0.717) is 83.1 Å². The molecule has 5 heterocycles. The van der Waals surface area contributed by atoms with Gasteiger partial charge in [0, 0.05) is 43.5 Å². The third-order valence-electron chi connectivity index (χ3n) is 9.64. The van der Waals surface area contributed by atoms with Gasteiger partial charge < -0.3 is 25.2 Å². The average Bonchev–Trinajstić information content (AvgIpc) is 3.86. The van der Waals surface area contributed by atoms with E-state index >= 15 is 0 Å². The van der Waals surface area contributed by atoms with Crippen LogP contribution in [0.4, 0.5) is 11.9 Å². The van der Waals surface area contributed by atoms with E-state index in [0.717, 1.165) is 36.1 Å². The molecule has 2 aromatic carbocycles. The molecule has 0 atom stereocenters. The van der Waals surface area contributed by atoms with Crippen molar-refractivity contribution in [1.29, 1.82) is 0 Å². The molecule has 0 fully saturated rings. The first-order chi connectivity index (χ1) is 25.5. The smallest absolute Gasteiger partial charge is 0.276 e. The Morgan fingerprint density at radius 2 is 1.38 bits per heavy atom. The lowest BCUT2D eigenvalue weighted by atomic mass is 10.0. The monoisotopic (exact) mass is 715 g/mol. The number of nitrogens with one attached hydrogen (secondary N) is 2. The number of aromatic nitrogens is 7. The van der Waals surface area contributed by atoms with Gasteiger partial charge in [-0.3, -0.25) is 34.5 Å². The molecule has 7 rings (SSSR count). The van der Waals surface area contributed by atoms with Crippen LogP contribution in [0.2, 0.25) is 0 Å². The number of allylic oxidation sites excluding steroid dienone is 2. The van der Waals surface area contributed by atoms with Crippen LogP contribution in [0.1, 0.15) is 84.7 Å². The normalized spacial score (nSPS) is 15.1. The Morgan fingerprint density at radius 3 is 1.94 bits per heavy atom. The van der Waals surface area contributed by atoms with Crippen molar-refractivity contribution in [3.63, 3.8) is 0 Å². The lowest BCUT2D eigenvalue weighted by Gasteiger charge is -2.12. The number of fused-ring (bicyclic) bond motifs is 8. The molecule has 0 bridgehead atoms. The van der Waals surface area contributed by atoms with Crippen LogP contribution in [0.15, 0.2) is 60.8 Å². The van der Waals surface area contributed by atoms with Gasteiger partial charge in [0.1, 0.15) is 11.4 Å². The second kappa shape index (κ2) is 14.3. The van der Waals surface area contributed by atoms with Gasteiger partial charge in [-0.25, -0.2) is 9.97 Å². The molecule has 0 saturated carbocycles. The van der Waals surface area contributed by atoms with Crippen molar-refractivity contribution in [1.82, 2.24) is 33.4 Å². The number of benzene rings is 2. The maximum absolute atomic E-state index is 14.1. The van der Waals surface area contributed by atoms with Gasteiger partial charge in [0.15, 0.2) is 0 Å². The van der Waals surface area contributed by atoms with Crippen molar-refractivity contribution in [3.8, 4) is 0 Å². The summed E-state index contributed by atoms with van der Waals surface area (Å²) >= 11 is 0. The molecule has 0 saturated heterocycles. The largest absolute Gasteiger partial charge is 0.366 e. The number of aryl methyl sites for hydroxylation is 4. The van der Waals surface area contributed by atoms with Gasteiger partial charge in [0.25, 0.3) is 11.8 Å². The minimum Gasteiger partial charge on any atom is -0.366 e. The van der Waals surface area contributed by atoms with Crippen molar-refractivity contribution in [3.05, 3.63) is 100 Å². The first-order valence-electron chi connectivity index (χ1n) is 17.6. The van der Waals surface area contributed by atoms with E-state index in [1.165, 1.54) is 0 Å². The van der Waals surface area contributed by atoms with Crippen LogP contribution in [0, 0.1) is 13.8 Å². The zero-order valence-electron chi connectivity index (χ0n) is 29.8. The van der Waals surface area contributed by atoms with Crippen LogP contribution < -0.4 is 22.1 Å². The highest BCUT2D eigenvalue weighted by Gasteiger charge is 2.23. The summed E-state index contributed by atoms with van der Waals surface area (Å²) in [5.41, 5.74) is 17.8. The van der Waals surface area contributed by atoms with Crippen LogP contribution in [0.5, 0.6) is 0 Å². The number of hydrogen-bond donors (Lipinski definition) is 4. The maximum atomic E-state index is 14.1. The minimum atomic E-state index is -0.585. The third kappa shape index (κ3) is 6.80. The molecular weight excluding hydrogens is 674 g/mol. The fraction of sp³-hybridized carbons (Fsp3) is 0.289. The quantitative estimate of drug-likeness (QED) is 0.190. The zero-order chi connectivity index (χ0) is 37.4. The van der Waals surface area contributed by atoms with E-state index in [4.69, 9.17) is 16.5 Å². The summed E-state index contributed by atoms with van der Waals surface area (Å²) in [4.78, 5) is 61.3. The Balaban J connectivity index is 1.31. The Labute approximate surface area is 304 Å². The lowest BCUT2D eigenvalue weighted by Crippen LogP contribution is -2.21. The van der Waals surface area contributed by atoms with Gasteiger partial charge in [0.05, 0.1) is 27.8 Å². The summed E-state index contributed by atoms with van der Waals surface area (Å²) in [6.07, 6.45) is 8.98. The molecule has 0 aliphatic carbocycles. The molecule has 15 nitrogen and oxygen atoms in total. The molecule has 4 amide bonds. The van der Waals surface area contributed by atoms with Gasteiger partial charge in [-0.2, -0.15) is 5.10 Å². The predicted octanol–water partition coefficient (Wildman–Crippen LogP) is 4.71. The molecule has 6 aromatic rings. The van der Waals surface area contributed by atoms with E-state index < -0.39 is 11.8 Å². The summed E-state index contributed by atoms with van der Waals surface area (Å²) in [7, 11) is 0. The summed E-state index contributed by atoms with van der Waals surface area (Å²) < 4.78 is 7.38. The molecule has 6 N–H and O–H groups in total. The number of carbonyl (C=O) groups is 4. The Morgan fingerprint density at radius 1 is 0.792 bits per heavy atom. The van der Waals surface area contributed by atoms with E-state index in [2.05, 4.69) is 20.7 Å². The third-order valence-corrected chi connectivity index (χ3v) is 9.64. The number of nitrogens with zero attached hydrogens (tertiary/aromatic N) is 7. The molecule has 0 radical (unpaired) electrons. The summed E-state index contributed by atoms with van der Waals surface area (Å²) in [5.74, 6) is -1.19. The molecule has 272 valence electrons. The summed E-state index contributed by atoms with van der Waals surface area (Å²) in [6.45, 7) is 7.63. The van der Waals surface area contributed by atoms with E-state index in [1.807, 2.05) is 52.8 Å². The molecule has 1 aliphatic heterocycles. The first-order valence-corrected chi connectivity index (χ1v) is 17.6. The number of rotatable bonds is 3. The number of carbonyl (C=O) groups excluding carboxylic acids is 4. The minimum absolute atomic E-state index is 0.275. The fourth-order valence-corrected chi connectivity index (χ4v) is 7.02. The van der Waals surface area contributed by atoms with Gasteiger partial charge in [0.2, 0.25) is 23.7 Å². The van der Waals surface area contributed by atoms with Crippen LogP contribution in [0.25, 0.3) is 22.1 Å². The van der Waals surface area contributed by atoms with Crippen molar-refractivity contribution < 1.29 is 19.2 Å². The van der Waals surface area contributed by atoms with Crippen LogP contribution in [-0.4, -0.2) is 57.1 Å². The molecule has 1 aliphatic rings. The highest BCUT2D eigenvalue weighted by atomic mass is 16.2. The lowest BCUT2D eigenvalue weighted by molar-refractivity contribution is 0.0992. The Kier molecular flexibility index (Phi) is 9.39. The molecule has 15 heteroatoms. The predicted molar refractivity (Wildman–Crippen MR) is 201 cm³/mol. The van der Waals surface area contributed by atoms with Gasteiger partial charge in [-0.1, -0.05) is 18.6 Å². The van der Waals surface area contributed by atoms with Crippen molar-refractivity contribution in [2.45, 2.75) is 72.6 Å². The molecule has 0 unspecified atom stereocenters. The summed E-state index contributed by atoms with van der Waals surface area (Å²) in [5, 5.41) is 10.6.